The fraction of sp³-hybridized carbons (Fsp3) is 0.294. The second-order valence-corrected chi connectivity index (χ2v) is 8.01. The lowest BCUT2D eigenvalue weighted by Crippen LogP contribution is -2.50. The van der Waals surface area contributed by atoms with Crippen molar-refractivity contribution in [3.63, 3.8) is 0 Å². The molecular weight excluding hydrogens is 378 g/mol. The van der Waals surface area contributed by atoms with Gasteiger partial charge in [-0.15, -0.1) is 0 Å². The SMILES string of the molecule is COc1ccc(S(=O)(=O)N2CCN(C(=O)c3cccnc3Cl)CC2)cc1. The molecule has 3 rings (SSSR count). The topological polar surface area (TPSA) is 79.8 Å². The Morgan fingerprint density at radius 2 is 1.77 bits per heavy atom. The third-order valence-electron chi connectivity index (χ3n) is 4.21. The summed E-state index contributed by atoms with van der Waals surface area (Å²) >= 11 is 5.97. The van der Waals surface area contributed by atoms with E-state index in [-0.39, 0.29) is 29.0 Å². The molecule has 1 aromatic carbocycles. The normalized spacial score (nSPS) is 15.7. The summed E-state index contributed by atoms with van der Waals surface area (Å²) in [5, 5.41) is 0.144. The molecule has 1 saturated heterocycles. The van der Waals surface area contributed by atoms with Gasteiger partial charge in [-0.3, -0.25) is 4.79 Å². The molecule has 0 unspecified atom stereocenters. The highest BCUT2D eigenvalue weighted by molar-refractivity contribution is 7.89. The first-order valence-electron chi connectivity index (χ1n) is 7.97. The molecule has 1 aromatic heterocycles. The Kier molecular flexibility index (Phi) is 5.45. The second-order valence-electron chi connectivity index (χ2n) is 5.71. The lowest BCUT2D eigenvalue weighted by Gasteiger charge is -2.34. The first-order valence-corrected chi connectivity index (χ1v) is 9.79. The number of amides is 1. The van der Waals surface area contributed by atoms with Gasteiger partial charge >= 0.3 is 0 Å². The lowest BCUT2D eigenvalue weighted by molar-refractivity contribution is 0.0697. The number of carbonyl (C=O) groups excluding carboxylic acids is 1. The Morgan fingerprint density at radius 1 is 1.12 bits per heavy atom. The van der Waals surface area contributed by atoms with Crippen LogP contribution in [0, 0.1) is 0 Å². The molecule has 1 aliphatic heterocycles. The van der Waals surface area contributed by atoms with Crippen molar-refractivity contribution in [1.82, 2.24) is 14.2 Å². The largest absolute Gasteiger partial charge is 0.497 e. The van der Waals surface area contributed by atoms with Crippen molar-refractivity contribution in [1.29, 1.82) is 0 Å². The van der Waals surface area contributed by atoms with Gasteiger partial charge in [-0.1, -0.05) is 11.6 Å². The molecular formula is C17H18ClN3O4S. The zero-order valence-electron chi connectivity index (χ0n) is 14.1. The summed E-state index contributed by atoms with van der Waals surface area (Å²) in [6, 6.07) is 9.50. The van der Waals surface area contributed by atoms with Crippen LogP contribution < -0.4 is 4.74 Å². The number of hydrogen-bond donors (Lipinski definition) is 0. The van der Waals surface area contributed by atoms with E-state index in [1.807, 2.05) is 0 Å². The number of hydrogen-bond acceptors (Lipinski definition) is 5. The van der Waals surface area contributed by atoms with E-state index in [1.165, 1.54) is 29.7 Å². The van der Waals surface area contributed by atoms with E-state index in [2.05, 4.69) is 4.98 Å². The summed E-state index contributed by atoms with van der Waals surface area (Å²) in [7, 11) is -2.09. The Morgan fingerprint density at radius 3 is 2.35 bits per heavy atom. The van der Waals surface area contributed by atoms with Crippen LogP contribution in [0.2, 0.25) is 5.15 Å². The standard InChI is InChI=1S/C17H18ClN3O4S/c1-25-13-4-6-14(7-5-13)26(23,24)21-11-9-20(10-12-21)17(22)15-3-2-8-19-16(15)18/h2-8H,9-12H2,1H3. The summed E-state index contributed by atoms with van der Waals surface area (Å²) in [6.07, 6.45) is 1.51. The lowest BCUT2D eigenvalue weighted by atomic mass is 10.2. The van der Waals surface area contributed by atoms with Gasteiger partial charge < -0.3 is 9.64 Å². The van der Waals surface area contributed by atoms with Crippen LogP contribution in [-0.4, -0.2) is 61.8 Å². The van der Waals surface area contributed by atoms with Gasteiger partial charge in [0.25, 0.3) is 5.91 Å². The predicted octanol–water partition coefficient (Wildman–Crippen LogP) is 1.89. The number of piperazine rings is 1. The third-order valence-corrected chi connectivity index (χ3v) is 6.43. The number of sulfonamides is 1. The Labute approximate surface area is 157 Å². The molecule has 0 N–H and O–H groups in total. The number of methoxy groups -OCH3 is 1. The number of carbonyl (C=O) groups is 1. The highest BCUT2D eigenvalue weighted by Gasteiger charge is 2.31. The van der Waals surface area contributed by atoms with Gasteiger partial charge in [0.2, 0.25) is 10.0 Å². The van der Waals surface area contributed by atoms with Crippen molar-refractivity contribution >= 4 is 27.5 Å². The quantitative estimate of drug-likeness (QED) is 0.738. The smallest absolute Gasteiger partial charge is 0.257 e. The molecule has 1 amide bonds. The van der Waals surface area contributed by atoms with Crippen molar-refractivity contribution in [3.05, 3.63) is 53.3 Å². The van der Waals surface area contributed by atoms with Gasteiger partial charge in [-0.2, -0.15) is 4.31 Å². The van der Waals surface area contributed by atoms with Gasteiger partial charge in [0.05, 0.1) is 17.6 Å². The van der Waals surface area contributed by atoms with Crippen LogP contribution in [0.1, 0.15) is 10.4 Å². The van der Waals surface area contributed by atoms with Crippen LogP contribution in [0.15, 0.2) is 47.5 Å². The van der Waals surface area contributed by atoms with Gasteiger partial charge in [-0.25, -0.2) is 13.4 Å². The Balaban J connectivity index is 1.69. The average molecular weight is 396 g/mol. The first-order chi connectivity index (χ1) is 12.4. The summed E-state index contributed by atoms with van der Waals surface area (Å²) in [5.74, 6) is 0.345. The minimum Gasteiger partial charge on any atom is -0.497 e. The zero-order chi connectivity index (χ0) is 18.7. The molecule has 9 heteroatoms. The minimum absolute atomic E-state index is 0.144. The van der Waals surface area contributed by atoms with Gasteiger partial charge in [-0.05, 0) is 36.4 Å². The van der Waals surface area contributed by atoms with E-state index >= 15 is 0 Å². The molecule has 0 atom stereocenters. The number of nitrogens with zero attached hydrogens (tertiary/aromatic N) is 3. The van der Waals surface area contributed by atoms with Gasteiger partial charge in [0.15, 0.2) is 0 Å². The van der Waals surface area contributed by atoms with E-state index in [0.29, 0.717) is 24.4 Å². The maximum atomic E-state index is 12.7. The maximum Gasteiger partial charge on any atom is 0.257 e. The average Bonchev–Trinajstić information content (AvgIpc) is 2.68. The maximum absolute atomic E-state index is 12.7. The van der Waals surface area contributed by atoms with Crippen molar-refractivity contribution in [2.45, 2.75) is 4.90 Å². The molecule has 7 nitrogen and oxygen atoms in total. The molecule has 2 aromatic rings. The van der Waals surface area contributed by atoms with Crippen molar-refractivity contribution in [2.24, 2.45) is 0 Å². The van der Waals surface area contributed by atoms with E-state index in [9.17, 15) is 13.2 Å². The third kappa shape index (κ3) is 3.67. The molecule has 1 aliphatic rings. The van der Waals surface area contributed by atoms with Crippen molar-refractivity contribution in [3.8, 4) is 5.75 Å². The van der Waals surface area contributed by atoms with Crippen molar-refractivity contribution in [2.75, 3.05) is 33.3 Å². The number of halogens is 1. The number of benzene rings is 1. The molecule has 1 fully saturated rings. The van der Waals surface area contributed by atoms with Crippen LogP contribution in [0.3, 0.4) is 0 Å². The molecule has 0 saturated carbocycles. The molecule has 0 radical (unpaired) electrons. The Hall–Kier alpha value is -2.16. The van der Waals surface area contributed by atoms with Crippen LogP contribution in [0.25, 0.3) is 0 Å². The van der Waals surface area contributed by atoms with E-state index < -0.39 is 10.0 Å². The molecule has 0 bridgehead atoms. The monoisotopic (exact) mass is 395 g/mol. The zero-order valence-corrected chi connectivity index (χ0v) is 15.7. The number of aromatic nitrogens is 1. The van der Waals surface area contributed by atoms with Crippen LogP contribution in [0.4, 0.5) is 0 Å². The highest BCUT2D eigenvalue weighted by Crippen LogP contribution is 2.22. The number of ether oxygens (including phenoxy) is 1. The summed E-state index contributed by atoms with van der Waals surface area (Å²) < 4.78 is 31.9. The van der Waals surface area contributed by atoms with E-state index in [4.69, 9.17) is 16.3 Å². The molecule has 138 valence electrons. The molecule has 2 heterocycles. The summed E-state index contributed by atoms with van der Waals surface area (Å²) in [4.78, 5) is 18.2. The number of rotatable bonds is 4. The predicted molar refractivity (Wildman–Crippen MR) is 96.9 cm³/mol. The fourth-order valence-corrected chi connectivity index (χ4v) is 4.37. The highest BCUT2D eigenvalue weighted by atomic mass is 35.5. The van der Waals surface area contributed by atoms with Gasteiger partial charge in [0, 0.05) is 32.4 Å². The van der Waals surface area contributed by atoms with Crippen LogP contribution in [0.5, 0.6) is 5.75 Å². The molecule has 26 heavy (non-hydrogen) atoms. The van der Waals surface area contributed by atoms with E-state index in [0.717, 1.165) is 0 Å². The summed E-state index contributed by atoms with van der Waals surface area (Å²) in [5.41, 5.74) is 0.320. The van der Waals surface area contributed by atoms with E-state index in [1.54, 1.807) is 29.2 Å². The van der Waals surface area contributed by atoms with Gasteiger partial charge in [0.1, 0.15) is 10.9 Å². The van der Waals surface area contributed by atoms with Crippen LogP contribution >= 0.6 is 11.6 Å². The van der Waals surface area contributed by atoms with Crippen molar-refractivity contribution < 1.29 is 17.9 Å². The fourth-order valence-electron chi connectivity index (χ4n) is 2.74. The molecule has 0 aliphatic carbocycles. The number of pyridine rings is 1. The minimum atomic E-state index is -3.61. The Bertz CT molecular complexity index is 894. The second kappa shape index (κ2) is 7.61. The van der Waals surface area contributed by atoms with Crippen LogP contribution in [-0.2, 0) is 10.0 Å². The molecule has 0 spiro atoms. The summed E-state index contributed by atoms with van der Waals surface area (Å²) in [6.45, 7) is 1.02. The first kappa shape index (κ1) is 18.6.